The Hall–Kier alpha value is -1.62. The van der Waals surface area contributed by atoms with E-state index in [4.69, 9.17) is 11.5 Å². The Bertz CT molecular complexity index is 538. The summed E-state index contributed by atoms with van der Waals surface area (Å²) in [5, 5.41) is 0. The standard InChI is InChI=1S/C13H21N5/c1-13(2,3)6-8(7-14)11-16-9-4-5-10(15)17-12(9)18-11/h4-5,8H,6-7,14H2,1-3H3,(H3,15,16,17,18). The van der Waals surface area contributed by atoms with Gasteiger partial charge in [-0.1, -0.05) is 20.8 Å². The maximum Gasteiger partial charge on any atom is 0.179 e. The lowest BCUT2D eigenvalue weighted by Gasteiger charge is -2.23. The molecule has 0 aliphatic heterocycles. The lowest BCUT2D eigenvalue weighted by molar-refractivity contribution is 0.337. The molecule has 98 valence electrons. The Morgan fingerprint density at radius 3 is 2.61 bits per heavy atom. The molecule has 0 amide bonds. The van der Waals surface area contributed by atoms with Gasteiger partial charge in [-0.25, -0.2) is 9.97 Å². The van der Waals surface area contributed by atoms with Gasteiger partial charge in [0.15, 0.2) is 5.65 Å². The number of anilines is 1. The van der Waals surface area contributed by atoms with Gasteiger partial charge in [-0.2, -0.15) is 0 Å². The Labute approximate surface area is 107 Å². The number of rotatable bonds is 3. The fraction of sp³-hybridized carbons (Fsp3) is 0.538. The highest BCUT2D eigenvalue weighted by Gasteiger charge is 2.22. The highest BCUT2D eigenvalue weighted by molar-refractivity contribution is 5.72. The molecule has 0 aromatic carbocycles. The summed E-state index contributed by atoms with van der Waals surface area (Å²) in [5.41, 5.74) is 13.3. The van der Waals surface area contributed by atoms with Crippen LogP contribution in [0.3, 0.4) is 0 Å². The van der Waals surface area contributed by atoms with E-state index in [0.717, 1.165) is 17.8 Å². The van der Waals surface area contributed by atoms with Gasteiger partial charge in [0.2, 0.25) is 0 Å². The molecule has 1 unspecified atom stereocenters. The Kier molecular flexibility index (Phi) is 3.26. The third-order valence-electron chi connectivity index (χ3n) is 2.92. The van der Waals surface area contributed by atoms with Gasteiger partial charge in [-0.3, -0.25) is 0 Å². The summed E-state index contributed by atoms with van der Waals surface area (Å²) in [6.45, 7) is 7.18. The molecule has 1 atom stereocenters. The van der Waals surface area contributed by atoms with E-state index in [-0.39, 0.29) is 11.3 Å². The van der Waals surface area contributed by atoms with Crippen molar-refractivity contribution in [2.45, 2.75) is 33.1 Å². The van der Waals surface area contributed by atoms with Crippen molar-refractivity contribution < 1.29 is 0 Å². The zero-order chi connectivity index (χ0) is 13.3. The lowest BCUT2D eigenvalue weighted by atomic mass is 9.84. The molecule has 5 heteroatoms. The zero-order valence-corrected chi connectivity index (χ0v) is 11.2. The maximum atomic E-state index is 5.86. The van der Waals surface area contributed by atoms with Crippen molar-refractivity contribution in [2.75, 3.05) is 12.3 Å². The van der Waals surface area contributed by atoms with Crippen LogP contribution in [0.5, 0.6) is 0 Å². The van der Waals surface area contributed by atoms with Crippen molar-refractivity contribution in [1.82, 2.24) is 15.0 Å². The summed E-state index contributed by atoms with van der Waals surface area (Å²) < 4.78 is 0. The quantitative estimate of drug-likeness (QED) is 0.773. The molecule has 0 spiro atoms. The molecule has 0 saturated heterocycles. The minimum Gasteiger partial charge on any atom is -0.384 e. The number of pyridine rings is 1. The van der Waals surface area contributed by atoms with Crippen molar-refractivity contribution in [3.05, 3.63) is 18.0 Å². The third kappa shape index (κ3) is 2.79. The molecular formula is C13H21N5. The number of hydrogen-bond acceptors (Lipinski definition) is 4. The predicted octanol–water partition coefficient (Wildman–Crippen LogP) is 2.02. The summed E-state index contributed by atoms with van der Waals surface area (Å²) >= 11 is 0. The first-order valence-electron chi connectivity index (χ1n) is 6.21. The second-order valence-electron chi connectivity index (χ2n) is 5.93. The van der Waals surface area contributed by atoms with E-state index in [9.17, 15) is 0 Å². The SMILES string of the molecule is CC(C)(C)CC(CN)c1nc2nc(N)ccc2[nH]1. The molecule has 18 heavy (non-hydrogen) atoms. The predicted molar refractivity (Wildman–Crippen MR) is 74.2 cm³/mol. The minimum atomic E-state index is 0.218. The van der Waals surface area contributed by atoms with Crippen molar-refractivity contribution in [3.63, 3.8) is 0 Å². The molecule has 2 aromatic heterocycles. The van der Waals surface area contributed by atoms with E-state index < -0.39 is 0 Å². The normalized spacial score (nSPS) is 14.0. The number of hydrogen-bond donors (Lipinski definition) is 3. The number of H-pyrrole nitrogens is 1. The number of aromatic amines is 1. The first-order valence-corrected chi connectivity index (χ1v) is 6.21. The van der Waals surface area contributed by atoms with Gasteiger partial charge in [0.25, 0.3) is 0 Å². The number of aromatic nitrogens is 3. The molecule has 0 bridgehead atoms. The van der Waals surface area contributed by atoms with Crippen molar-refractivity contribution in [2.24, 2.45) is 11.1 Å². The third-order valence-corrected chi connectivity index (χ3v) is 2.92. The molecule has 0 fully saturated rings. The number of nitrogens with two attached hydrogens (primary N) is 2. The first-order chi connectivity index (χ1) is 8.39. The Balaban J connectivity index is 2.34. The van der Waals surface area contributed by atoms with E-state index in [2.05, 4.69) is 35.7 Å². The molecule has 0 aliphatic carbocycles. The molecule has 5 N–H and O–H groups in total. The molecule has 2 heterocycles. The van der Waals surface area contributed by atoms with E-state index in [1.54, 1.807) is 6.07 Å². The second kappa shape index (κ2) is 4.57. The topological polar surface area (TPSA) is 93.6 Å². The number of imidazole rings is 1. The minimum absolute atomic E-state index is 0.218. The molecular weight excluding hydrogens is 226 g/mol. The van der Waals surface area contributed by atoms with Crippen molar-refractivity contribution in [1.29, 1.82) is 0 Å². The van der Waals surface area contributed by atoms with Crippen LogP contribution in [0.25, 0.3) is 11.2 Å². The maximum absolute atomic E-state index is 5.86. The van der Waals surface area contributed by atoms with E-state index in [1.165, 1.54) is 0 Å². The Morgan fingerprint density at radius 1 is 1.28 bits per heavy atom. The van der Waals surface area contributed by atoms with Gasteiger partial charge < -0.3 is 16.5 Å². The van der Waals surface area contributed by atoms with Crippen LogP contribution >= 0.6 is 0 Å². The van der Waals surface area contributed by atoms with Crippen LogP contribution in [-0.2, 0) is 0 Å². The molecule has 5 nitrogen and oxygen atoms in total. The number of fused-ring (bicyclic) bond motifs is 1. The van der Waals surface area contributed by atoms with Gasteiger partial charge in [-0.15, -0.1) is 0 Å². The number of nitrogens with one attached hydrogen (secondary N) is 1. The second-order valence-corrected chi connectivity index (χ2v) is 5.93. The molecule has 2 rings (SSSR count). The van der Waals surface area contributed by atoms with Gasteiger partial charge in [0, 0.05) is 12.5 Å². The smallest absolute Gasteiger partial charge is 0.179 e. The number of nitrogen functional groups attached to an aromatic ring is 1. The van der Waals surface area contributed by atoms with E-state index >= 15 is 0 Å². The van der Waals surface area contributed by atoms with Crippen LogP contribution in [-0.4, -0.2) is 21.5 Å². The van der Waals surface area contributed by atoms with E-state index in [1.807, 2.05) is 6.07 Å². The Morgan fingerprint density at radius 2 is 2.00 bits per heavy atom. The van der Waals surface area contributed by atoms with E-state index in [0.29, 0.717) is 18.0 Å². The van der Waals surface area contributed by atoms with Gasteiger partial charge in [-0.05, 0) is 24.0 Å². The summed E-state index contributed by atoms with van der Waals surface area (Å²) in [5.74, 6) is 1.61. The molecule has 2 aromatic rings. The summed E-state index contributed by atoms with van der Waals surface area (Å²) in [6.07, 6.45) is 0.985. The molecule has 0 saturated carbocycles. The van der Waals surface area contributed by atoms with Crippen LogP contribution in [0.1, 0.15) is 38.9 Å². The largest absolute Gasteiger partial charge is 0.384 e. The van der Waals surface area contributed by atoms with Gasteiger partial charge in [0.1, 0.15) is 11.6 Å². The van der Waals surface area contributed by atoms with Crippen LogP contribution in [0.2, 0.25) is 0 Å². The average Bonchev–Trinajstić information content (AvgIpc) is 2.67. The first kappa shape index (κ1) is 12.8. The van der Waals surface area contributed by atoms with Crippen LogP contribution in [0.4, 0.5) is 5.82 Å². The summed E-state index contributed by atoms with van der Waals surface area (Å²) in [4.78, 5) is 12.0. The molecule has 0 aliphatic rings. The average molecular weight is 247 g/mol. The summed E-state index contributed by atoms with van der Waals surface area (Å²) in [7, 11) is 0. The molecule has 0 radical (unpaired) electrons. The fourth-order valence-corrected chi connectivity index (χ4v) is 2.15. The monoisotopic (exact) mass is 247 g/mol. The fourth-order valence-electron chi connectivity index (χ4n) is 2.15. The summed E-state index contributed by atoms with van der Waals surface area (Å²) in [6, 6.07) is 3.67. The van der Waals surface area contributed by atoms with Crippen LogP contribution < -0.4 is 11.5 Å². The number of nitrogens with zero attached hydrogens (tertiary/aromatic N) is 2. The zero-order valence-electron chi connectivity index (χ0n) is 11.2. The van der Waals surface area contributed by atoms with Crippen molar-refractivity contribution in [3.8, 4) is 0 Å². The van der Waals surface area contributed by atoms with Crippen LogP contribution in [0.15, 0.2) is 12.1 Å². The lowest BCUT2D eigenvalue weighted by Crippen LogP contribution is -2.20. The highest BCUT2D eigenvalue weighted by Crippen LogP contribution is 2.29. The van der Waals surface area contributed by atoms with Gasteiger partial charge in [0.05, 0.1) is 5.52 Å². The van der Waals surface area contributed by atoms with Crippen molar-refractivity contribution >= 4 is 17.0 Å². The van der Waals surface area contributed by atoms with Crippen LogP contribution in [0, 0.1) is 5.41 Å². The highest BCUT2D eigenvalue weighted by atomic mass is 15.0. The van der Waals surface area contributed by atoms with Gasteiger partial charge >= 0.3 is 0 Å².